The fourth-order valence-corrected chi connectivity index (χ4v) is 1.08. The van der Waals surface area contributed by atoms with Crippen molar-refractivity contribution in [2.75, 3.05) is 0 Å². The summed E-state index contributed by atoms with van der Waals surface area (Å²) in [5.41, 5.74) is 0. The minimum absolute atomic E-state index is 0. The predicted molar refractivity (Wildman–Crippen MR) is 55.0 cm³/mol. The Morgan fingerprint density at radius 2 is 1.55 bits per heavy atom. The molecule has 1 heteroatoms. The van der Waals surface area contributed by atoms with Gasteiger partial charge in [0.2, 0.25) is 0 Å². The van der Waals surface area contributed by atoms with Crippen molar-refractivity contribution in [3.63, 3.8) is 0 Å². The van der Waals surface area contributed by atoms with Crippen LogP contribution in [0, 0.1) is 12.8 Å². The topological polar surface area (TPSA) is 0 Å². The molecule has 0 spiro atoms. The standard InChI is InChI=1S/C10H21.Na.H/c1-4-5-6-7-8-9-10(2)3;;/h10H,1,4-9H2,2-3H3;;. The third-order valence-corrected chi connectivity index (χ3v) is 1.78. The summed E-state index contributed by atoms with van der Waals surface area (Å²) >= 11 is 0. The first-order valence-corrected chi connectivity index (χ1v) is 4.56. The van der Waals surface area contributed by atoms with Crippen LogP contribution in [0.4, 0.5) is 0 Å². The van der Waals surface area contributed by atoms with Crippen LogP contribution in [0.5, 0.6) is 0 Å². The molecule has 0 bridgehead atoms. The Balaban J connectivity index is 0. The molecule has 0 rings (SSSR count). The average molecular weight is 165 g/mol. The van der Waals surface area contributed by atoms with Crippen molar-refractivity contribution >= 4 is 29.6 Å². The fraction of sp³-hybridized carbons (Fsp3) is 0.900. The molecule has 63 valence electrons. The first kappa shape index (κ1) is 14.5. The molecule has 11 heavy (non-hydrogen) atoms. The summed E-state index contributed by atoms with van der Waals surface area (Å²) in [6, 6.07) is 0. The van der Waals surface area contributed by atoms with Gasteiger partial charge in [0.15, 0.2) is 0 Å². The quantitative estimate of drug-likeness (QED) is 0.419. The summed E-state index contributed by atoms with van der Waals surface area (Å²) in [4.78, 5) is 0. The Labute approximate surface area is 94.4 Å². The van der Waals surface area contributed by atoms with Crippen LogP contribution in [-0.2, 0) is 0 Å². The van der Waals surface area contributed by atoms with Crippen LogP contribution in [0.15, 0.2) is 0 Å². The second kappa shape index (κ2) is 11.0. The van der Waals surface area contributed by atoms with Gasteiger partial charge in [0.1, 0.15) is 0 Å². The molecule has 0 atom stereocenters. The average Bonchev–Trinajstić information content (AvgIpc) is 1.87. The van der Waals surface area contributed by atoms with Crippen molar-refractivity contribution in [2.45, 2.75) is 52.4 Å². The Morgan fingerprint density at radius 3 is 2.00 bits per heavy atom. The van der Waals surface area contributed by atoms with Gasteiger partial charge in [0.05, 0.1) is 0 Å². The van der Waals surface area contributed by atoms with E-state index in [1.165, 1.54) is 32.1 Å². The van der Waals surface area contributed by atoms with Gasteiger partial charge in [-0.25, -0.2) is 0 Å². The van der Waals surface area contributed by atoms with Crippen LogP contribution in [0.2, 0.25) is 0 Å². The zero-order valence-electron chi connectivity index (χ0n) is 7.53. The van der Waals surface area contributed by atoms with Crippen molar-refractivity contribution in [3.05, 3.63) is 6.92 Å². The summed E-state index contributed by atoms with van der Waals surface area (Å²) in [5.74, 6) is 0.889. The second-order valence-corrected chi connectivity index (χ2v) is 3.45. The van der Waals surface area contributed by atoms with Gasteiger partial charge in [-0.1, -0.05) is 59.3 Å². The van der Waals surface area contributed by atoms with Gasteiger partial charge in [-0.15, -0.1) is 0 Å². The van der Waals surface area contributed by atoms with Gasteiger partial charge in [0.25, 0.3) is 0 Å². The molecule has 0 aromatic heterocycles. The van der Waals surface area contributed by atoms with Crippen LogP contribution < -0.4 is 0 Å². The van der Waals surface area contributed by atoms with Gasteiger partial charge in [-0.2, -0.15) is 0 Å². The van der Waals surface area contributed by atoms with Crippen molar-refractivity contribution in [1.29, 1.82) is 0 Å². The van der Waals surface area contributed by atoms with Gasteiger partial charge >= 0.3 is 29.6 Å². The summed E-state index contributed by atoms with van der Waals surface area (Å²) in [5, 5.41) is 0. The first-order valence-electron chi connectivity index (χ1n) is 4.56. The van der Waals surface area contributed by atoms with Gasteiger partial charge in [-0.3, -0.25) is 0 Å². The van der Waals surface area contributed by atoms with E-state index >= 15 is 0 Å². The van der Waals surface area contributed by atoms with E-state index in [9.17, 15) is 0 Å². The molecule has 0 amide bonds. The van der Waals surface area contributed by atoms with E-state index in [0.29, 0.717) is 0 Å². The summed E-state index contributed by atoms with van der Waals surface area (Å²) < 4.78 is 0. The van der Waals surface area contributed by atoms with Gasteiger partial charge in [-0.05, 0) is 5.92 Å². The second-order valence-electron chi connectivity index (χ2n) is 3.45. The van der Waals surface area contributed by atoms with Crippen molar-refractivity contribution < 1.29 is 0 Å². The van der Waals surface area contributed by atoms with Crippen LogP contribution >= 0.6 is 0 Å². The third-order valence-electron chi connectivity index (χ3n) is 1.78. The molecule has 0 N–H and O–H groups in total. The minimum atomic E-state index is 0. The van der Waals surface area contributed by atoms with E-state index in [4.69, 9.17) is 0 Å². The molecule has 0 aliphatic rings. The number of hydrogen-bond acceptors (Lipinski definition) is 0. The van der Waals surface area contributed by atoms with Crippen molar-refractivity contribution in [1.82, 2.24) is 0 Å². The third kappa shape index (κ3) is 13.9. The van der Waals surface area contributed by atoms with Crippen LogP contribution in [-0.4, -0.2) is 29.6 Å². The van der Waals surface area contributed by atoms with E-state index in [1.807, 2.05) is 0 Å². The number of unbranched alkanes of at least 4 members (excludes halogenated alkanes) is 4. The molecular weight excluding hydrogens is 143 g/mol. The molecular formula is C10H22Na. The summed E-state index contributed by atoms with van der Waals surface area (Å²) in [6.45, 7) is 8.40. The van der Waals surface area contributed by atoms with Gasteiger partial charge < -0.3 is 0 Å². The molecule has 0 unspecified atom stereocenters. The Bertz CT molecular complexity index is 59.9. The number of rotatable bonds is 6. The monoisotopic (exact) mass is 165 g/mol. The molecule has 0 nitrogen and oxygen atoms in total. The normalized spacial score (nSPS) is 9.82. The predicted octanol–water partition coefficient (Wildman–Crippen LogP) is 3.17. The van der Waals surface area contributed by atoms with Crippen molar-refractivity contribution in [3.8, 4) is 0 Å². The van der Waals surface area contributed by atoms with E-state index < -0.39 is 0 Å². The van der Waals surface area contributed by atoms with Crippen LogP contribution in [0.25, 0.3) is 0 Å². The fourth-order valence-electron chi connectivity index (χ4n) is 1.08. The van der Waals surface area contributed by atoms with E-state index in [1.54, 1.807) is 0 Å². The molecule has 0 fully saturated rings. The summed E-state index contributed by atoms with van der Waals surface area (Å²) in [6.07, 6.45) is 8.04. The first-order chi connectivity index (χ1) is 4.77. The zero-order chi connectivity index (χ0) is 7.82. The molecule has 0 heterocycles. The molecule has 0 aromatic rings. The molecule has 0 saturated carbocycles. The van der Waals surface area contributed by atoms with Crippen LogP contribution in [0.3, 0.4) is 0 Å². The molecule has 0 aliphatic carbocycles. The van der Waals surface area contributed by atoms with E-state index in [-0.39, 0.29) is 29.6 Å². The summed E-state index contributed by atoms with van der Waals surface area (Å²) in [7, 11) is 0. The number of hydrogen-bond donors (Lipinski definition) is 0. The van der Waals surface area contributed by atoms with E-state index in [0.717, 1.165) is 12.3 Å². The van der Waals surface area contributed by atoms with Crippen molar-refractivity contribution in [2.24, 2.45) is 5.92 Å². The van der Waals surface area contributed by atoms with E-state index in [2.05, 4.69) is 20.8 Å². The molecule has 1 radical (unpaired) electrons. The SMILES string of the molecule is [CH2]CCCCCCC(C)C.[NaH]. The molecule has 0 aromatic carbocycles. The van der Waals surface area contributed by atoms with Gasteiger partial charge in [0, 0.05) is 0 Å². The van der Waals surface area contributed by atoms with Crippen LogP contribution in [0.1, 0.15) is 52.4 Å². The molecule has 0 saturated heterocycles. The Morgan fingerprint density at radius 1 is 1.00 bits per heavy atom. The Hall–Kier alpha value is 1.00. The maximum atomic E-state index is 3.82. The molecule has 0 aliphatic heterocycles. The maximum absolute atomic E-state index is 3.82. The zero-order valence-corrected chi connectivity index (χ0v) is 7.53. The Kier molecular flexibility index (Phi) is 14.5.